The molecule has 15 heavy (non-hydrogen) atoms. The fraction of sp³-hybridized carbons (Fsp3) is 0.333. The lowest BCUT2D eigenvalue weighted by Crippen LogP contribution is -3.00. The molecule has 0 saturated carbocycles. The Labute approximate surface area is 103 Å². The third-order valence-corrected chi connectivity index (χ3v) is 2.55. The second-order valence-electron chi connectivity index (χ2n) is 4.16. The highest BCUT2D eigenvalue weighted by molar-refractivity contribution is 6.31. The smallest absolute Gasteiger partial charge is 0.106 e. The average molecular weight is 246 g/mol. The van der Waals surface area contributed by atoms with E-state index in [0.29, 0.717) is 0 Å². The van der Waals surface area contributed by atoms with Crippen molar-refractivity contribution in [2.45, 2.75) is 6.54 Å². The lowest BCUT2D eigenvalue weighted by molar-refractivity contribution is -0.897. The maximum absolute atomic E-state index is 6.09. The van der Waals surface area contributed by atoms with Gasteiger partial charge in [-0.25, -0.2) is 0 Å². The molecule has 0 spiro atoms. The number of nitrogens with zero attached hydrogens (tertiary/aromatic N) is 1. The number of halogens is 2. The van der Waals surface area contributed by atoms with E-state index in [1.165, 1.54) is 5.56 Å². The molecule has 0 atom stereocenters. The van der Waals surface area contributed by atoms with Crippen molar-refractivity contribution in [2.75, 3.05) is 20.6 Å². The summed E-state index contributed by atoms with van der Waals surface area (Å²) in [7, 11) is 4.34. The molecule has 1 rings (SSSR count). The summed E-state index contributed by atoms with van der Waals surface area (Å²) in [6.07, 6.45) is 1.94. The van der Waals surface area contributed by atoms with Crippen molar-refractivity contribution in [3.63, 3.8) is 0 Å². The van der Waals surface area contributed by atoms with E-state index in [4.69, 9.17) is 11.6 Å². The fourth-order valence-corrected chi connectivity index (χ4v) is 1.70. The molecule has 0 aromatic heterocycles. The van der Waals surface area contributed by atoms with Crippen LogP contribution in [-0.4, -0.2) is 25.1 Å². The molecule has 0 saturated heterocycles. The van der Waals surface area contributed by atoms with Gasteiger partial charge < -0.3 is 16.9 Å². The van der Waals surface area contributed by atoms with Gasteiger partial charge >= 0.3 is 0 Å². The van der Waals surface area contributed by atoms with Gasteiger partial charge in [0.1, 0.15) is 6.54 Å². The highest BCUT2D eigenvalue weighted by Gasteiger charge is 2.14. The van der Waals surface area contributed by atoms with Gasteiger partial charge in [0, 0.05) is 10.6 Å². The third-order valence-electron chi connectivity index (χ3n) is 2.18. The number of benzene rings is 1. The van der Waals surface area contributed by atoms with E-state index in [2.05, 4.69) is 26.7 Å². The van der Waals surface area contributed by atoms with Crippen molar-refractivity contribution in [1.29, 1.82) is 0 Å². The molecule has 1 aromatic rings. The number of hydrogen-bond donors (Lipinski definition) is 0. The molecular formula is C12H17Cl2N. The summed E-state index contributed by atoms with van der Waals surface area (Å²) in [6.45, 7) is 5.65. The van der Waals surface area contributed by atoms with E-state index < -0.39 is 0 Å². The Hall–Kier alpha value is -0.500. The second-order valence-corrected chi connectivity index (χ2v) is 4.56. The van der Waals surface area contributed by atoms with Crippen molar-refractivity contribution in [2.24, 2.45) is 0 Å². The quantitative estimate of drug-likeness (QED) is 0.522. The van der Waals surface area contributed by atoms with Crippen LogP contribution in [0, 0.1) is 0 Å². The molecule has 0 fully saturated rings. The van der Waals surface area contributed by atoms with Crippen LogP contribution in [-0.2, 0) is 6.54 Å². The molecule has 0 N–H and O–H groups in total. The second kappa shape index (κ2) is 6.16. The molecule has 0 unspecified atom stereocenters. The molecule has 1 nitrogen and oxygen atoms in total. The highest BCUT2D eigenvalue weighted by atomic mass is 35.5. The van der Waals surface area contributed by atoms with Crippen LogP contribution in [0.1, 0.15) is 5.56 Å². The van der Waals surface area contributed by atoms with Gasteiger partial charge in [0.05, 0.1) is 20.6 Å². The standard InChI is InChI=1S/C12H17ClN.ClH/c1-4-9-14(2,3)10-11-7-5-6-8-12(11)13;/h4-8H,1,9-10H2,2-3H3;1H/q+1;/p-1. The van der Waals surface area contributed by atoms with Crippen molar-refractivity contribution in [3.05, 3.63) is 47.5 Å². The highest BCUT2D eigenvalue weighted by Crippen LogP contribution is 2.18. The number of hydrogen-bond acceptors (Lipinski definition) is 0. The predicted octanol–water partition coefficient (Wildman–Crippen LogP) is 0.106. The maximum Gasteiger partial charge on any atom is 0.106 e. The van der Waals surface area contributed by atoms with E-state index in [1.54, 1.807) is 0 Å². The van der Waals surface area contributed by atoms with Crippen molar-refractivity contribution in [1.82, 2.24) is 0 Å². The van der Waals surface area contributed by atoms with Gasteiger partial charge in [0.25, 0.3) is 0 Å². The molecule has 3 heteroatoms. The summed E-state index contributed by atoms with van der Waals surface area (Å²) in [5.74, 6) is 0. The summed E-state index contributed by atoms with van der Waals surface area (Å²) in [5.41, 5.74) is 1.20. The molecule has 0 amide bonds. The first-order valence-corrected chi connectivity index (χ1v) is 5.09. The zero-order chi connectivity index (χ0) is 10.6. The van der Waals surface area contributed by atoms with Crippen LogP contribution in [0.3, 0.4) is 0 Å². The fourth-order valence-electron chi connectivity index (χ4n) is 1.50. The van der Waals surface area contributed by atoms with Gasteiger partial charge in [0.15, 0.2) is 0 Å². The SMILES string of the molecule is C=CC[N+](C)(C)Cc1ccccc1Cl.[Cl-]. The largest absolute Gasteiger partial charge is 1.00 e. The zero-order valence-electron chi connectivity index (χ0n) is 9.21. The first-order valence-electron chi connectivity index (χ1n) is 4.71. The Morgan fingerprint density at radius 3 is 2.47 bits per heavy atom. The minimum atomic E-state index is 0. The lowest BCUT2D eigenvalue weighted by Gasteiger charge is -2.28. The molecule has 0 radical (unpaired) electrons. The number of likely N-dealkylation sites (N-methyl/N-ethyl adjacent to an activating group) is 1. The van der Waals surface area contributed by atoms with Gasteiger partial charge in [0.2, 0.25) is 0 Å². The lowest BCUT2D eigenvalue weighted by atomic mass is 10.2. The van der Waals surface area contributed by atoms with Gasteiger partial charge in [-0.2, -0.15) is 0 Å². The number of rotatable bonds is 4. The average Bonchev–Trinajstić information content (AvgIpc) is 2.08. The molecule has 84 valence electrons. The zero-order valence-corrected chi connectivity index (χ0v) is 10.7. The van der Waals surface area contributed by atoms with Crippen LogP contribution < -0.4 is 12.4 Å². The third kappa shape index (κ3) is 4.70. The van der Waals surface area contributed by atoms with E-state index in [1.807, 2.05) is 24.3 Å². The molecule has 0 heterocycles. The van der Waals surface area contributed by atoms with Crippen molar-refractivity contribution >= 4 is 11.6 Å². The van der Waals surface area contributed by atoms with Crippen LogP contribution in [0.2, 0.25) is 5.02 Å². The van der Waals surface area contributed by atoms with Crippen LogP contribution in [0.5, 0.6) is 0 Å². The Morgan fingerprint density at radius 1 is 1.33 bits per heavy atom. The predicted molar refractivity (Wildman–Crippen MR) is 62.3 cm³/mol. The Kier molecular flexibility index (Phi) is 5.96. The van der Waals surface area contributed by atoms with Crippen LogP contribution in [0.4, 0.5) is 0 Å². The molecular weight excluding hydrogens is 229 g/mol. The van der Waals surface area contributed by atoms with Crippen LogP contribution in [0.25, 0.3) is 0 Å². The molecule has 1 aromatic carbocycles. The molecule has 0 aliphatic carbocycles. The van der Waals surface area contributed by atoms with E-state index in [9.17, 15) is 0 Å². The minimum Gasteiger partial charge on any atom is -1.00 e. The Bertz CT molecular complexity index is 321. The first-order chi connectivity index (χ1) is 6.55. The van der Waals surface area contributed by atoms with Gasteiger partial charge in [-0.1, -0.05) is 36.4 Å². The van der Waals surface area contributed by atoms with E-state index >= 15 is 0 Å². The Balaban J connectivity index is 0.00000196. The van der Waals surface area contributed by atoms with Crippen molar-refractivity contribution in [3.8, 4) is 0 Å². The van der Waals surface area contributed by atoms with E-state index in [0.717, 1.165) is 22.6 Å². The summed E-state index contributed by atoms with van der Waals surface area (Å²) >= 11 is 6.09. The molecule has 0 aliphatic rings. The minimum absolute atomic E-state index is 0. The Morgan fingerprint density at radius 2 is 1.93 bits per heavy atom. The molecule has 0 aliphatic heterocycles. The summed E-state index contributed by atoms with van der Waals surface area (Å²) in [5, 5.41) is 0.850. The van der Waals surface area contributed by atoms with Crippen LogP contribution in [0.15, 0.2) is 36.9 Å². The van der Waals surface area contributed by atoms with Gasteiger partial charge in [-0.15, -0.1) is 0 Å². The topological polar surface area (TPSA) is 0 Å². The first kappa shape index (κ1) is 14.5. The summed E-state index contributed by atoms with van der Waals surface area (Å²) in [4.78, 5) is 0. The molecule has 0 bridgehead atoms. The van der Waals surface area contributed by atoms with E-state index in [-0.39, 0.29) is 12.4 Å². The maximum atomic E-state index is 6.09. The normalized spacial score (nSPS) is 10.6. The monoisotopic (exact) mass is 245 g/mol. The van der Waals surface area contributed by atoms with Crippen molar-refractivity contribution < 1.29 is 16.9 Å². The van der Waals surface area contributed by atoms with Gasteiger partial charge in [-0.05, 0) is 12.1 Å². The summed E-state index contributed by atoms with van der Waals surface area (Å²) < 4.78 is 0.882. The number of quaternary nitrogens is 1. The summed E-state index contributed by atoms with van der Waals surface area (Å²) in [6, 6.07) is 7.99. The van der Waals surface area contributed by atoms with Gasteiger partial charge in [-0.3, -0.25) is 0 Å². The van der Waals surface area contributed by atoms with Crippen LogP contribution >= 0.6 is 11.6 Å².